The third kappa shape index (κ3) is 11.5. The molecular formula is C93H94. The largest absolute Gasteiger partial charge is 0.0714 e. The lowest BCUT2D eigenvalue weighted by Crippen LogP contribution is -2.30. The van der Waals surface area contributed by atoms with Gasteiger partial charge in [0.05, 0.1) is 5.41 Å². The lowest BCUT2D eigenvalue weighted by atomic mass is 9.65. The first-order chi connectivity index (χ1) is 45.8. The van der Waals surface area contributed by atoms with Crippen molar-refractivity contribution < 1.29 is 0 Å². The van der Waals surface area contributed by atoms with Crippen LogP contribution >= 0.6 is 0 Å². The number of rotatable bonds is 25. The molecule has 0 atom stereocenters. The fourth-order valence-corrected chi connectivity index (χ4v) is 16.9. The van der Waals surface area contributed by atoms with Gasteiger partial charge in [-0.05, 0) is 230 Å². The average molecular weight is 1210 g/mol. The zero-order valence-electron chi connectivity index (χ0n) is 56.4. The molecule has 0 unspecified atom stereocenters. The first-order valence-electron chi connectivity index (χ1n) is 36.1. The molecule has 0 nitrogen and oxygen atoms in total. The Hall–Kier alpha value is -8.58. The Morgan fingerprint density at radius 1 is 0.247 bits per heavy atom. The number of aryl methyl sites for hydroxylation is 6. The van der Waals surface area contributed by atoms with Gasteiger partial charge in [-0.1, -0.05) is 323 Å². The molecular weight excluding hydrogens is 1120 g/mol. The van der Waals surface area contributed by atoms with Crippen LogP contribution in [0.3, 0.4) is 0 Å². The van der Waals surface area contributed by atoms with E-state index >= 15 is 0 Å². The van der Waals surface area contributed by atoms with E-state index in [1.54, 1.807) is 0 Å². The van der Waals surface area contributed by atoms with Crippen molar-refractivity contribution >= 4 is 64.6 Å². The standard InChI is InChI=1S/C93H94/c1-7-11-15-19-35-65-56-66(36-20-16-12-8-2)59-70(58-65)93(71-60-67(37-21-17-13-9-3)57-68(61-71)38-22-18-14-10-4)86-55-63(5)51-53-74(86)75-54-52-69(62-87(75)93)88-78-43-27-29-45-80(78)90(81-46-30-28-44-79(81)88)92-84-49-33-31-47-82(84)91(83-48-32-34-50-85(83)92)89-76-41-25-23-39-72(76)64(6)73-40-24-26-42-77(73)89/h23-34,39-62H,7-22,35-38H2,1-6H3. The predicted octanol–water partition coefficient (Wildman–Crippen LogP) is 27.1. The quantitative estimate of drug-likeness (QED) is 0.0395. The second-order valence-corrected chi connectivity index (χ2v) is 27.7. The summed E-state index contributed by atoms with van der Waals surface area (Å²) in [5.74, 6) is 0. The maximum atomic E-state index is 2.71. The lowest BCUT2D eigenvalue weighted by molar-refractivity contribution is 0.655. The molecule has 0 aromatic heterocycles. The maximum absolute atomic E-state index is 2.71. The molecule has 13 aromatic rings. The van der Waals surface area contributed by atoms with Crippen molar-refractivity contribution in [1.82, 2.24) is 0 Å². The normalized spacial score (nSPS) is 12.7. The minimum Gasteiger partial charge on any atom is -0.0654 e. The van der Waals surface area contributed by atoms with Crippen LogP contribution in [0.5, 0.6) is 0 Å². The number of hydrogen-bond donors (Lipinski definition) is 0. The van der Waals surface area contributed by atoms with Crippen molar-refractivity contribution in [3.63, 3.8) is 0 Å². The molecule has 0 spiro atoms. The van der Waals surface area contributed by atoms with Crippen LogP contribution in [0.25, 0.3) is 109 Å². The first kappa shape index (κ1) is 61.9. The molecule has 13 aromatic carbocycles. The molecule has 466 valence electrons. The van der Waals surface area contributed by atoms with E-state index in [1.165, 1.54) is 268 Å². The summed E-state index contributed by atoms with van der Waals surface area (Å²) in [7, 11) is 0. The van der Waals surface area contributed by atoms with Gasteiger partial charge in [0.25, 0.3) is 0 Å². The second-order valence-electron chi connectivity index (χ2n) is 27.7. The molecule has 0 bridgehead atoms. The van der Waals surface area contributed by atoms with E-state index in [-0.39, 0.29) is 0 Å². The lowest BCUT2D eigenvalue weighted by Gasteiger charge is -2.36. The summed E-state index contributed by atoms with van der Waals surface area (Å²) in [6.45, 7) is 14.0. The average Bonchev–Trinajstić information content (AvgIpc) is 1.65. The minimum absolute atomic E-state index is 0.568. The summed E-state index contributed by atoms with van der Waals surface area (Å²) in [5.41, 5.74) is 24.4. The van der Waals surface area contributed by atoms with Gasteiger partial charge in [0, 0.05) is 0 Å². The van der Waals surface area contributed by atoms with Gasteiger partial charge in [-0.15, -0.1) is 0 Å². The van der Waals surface area contributed by atoms with Crippen LogP contribution in [0.1, 0.15) is 186 Å². The molecule has 93 heavy (non-hydrogen) atoms. The minimum atomic E-state index is -0.568. The van der Waals surface area contributed by atoms with Gasteiger partial charge in [0.2, 0.25) is 0 Å². The molecule has 0 fully saturated rings. The van der Waals surface area contributed by atoms with Crippen LogP contribution in [-0.4, -0.2) is 0 Å². The van der Waals surface area contributed by atoms with Crippen molar-refractivity contribution in [2.75, 3.05) is 0 Å². The predicted molar refractivity (Wildman–Crippen MR) is 406 cm³/mol. The summed E-state index contributed by atoms with van der Waals surface area (Å²) >= 11 is 0. The highest BCUT2D eigenvalue weighted by Gasteiger charge is 2.47. The van der Waals surface area contributed by atoms with Gasteiger partial charge in [-0.2, -0.15) is 0 Å². The van der Waals surface area contributed by atoms with Crippen molar-refractivity contribution in [1.29, 1.82) is 0 Å². The molecule has 0 heterocycles. The highest BCUT2D eigenvalue weighted by Crippen LogP contribution is 2.59. The van der Waals surface area contributed by atoms with Crippen LogP contribution < -0.4 is 0 Å². The van der Waals surface area contributed by atoms with Crippen LogP contribution in [0.2, 0.25) is 0 Å². The molecule has 1 aliphatic rings. The molecule has 0 N–H and O–H groups in total. The van der Waals surface area contributed by atoms with Gasteiger partial charge < -0.3 is 0 Å². The molecule has 1 aliphatic carbocycles. The Labute approximate surface area is 555 Å². The SMILES string of the molecule is CCCCCCc1cc(CCCCCC)cc(C2(c3cc(CCCCCC)cc(CCCCCC)c3)c3cc(C)ccc3-c3ccc(-c4c5ccccc5c(-c5c6ccccc6c(-c6c7ccccc7c(C)c7ccccc67)c6ccccc56)c5ccccc45)cc32)c1. The van der Waals surface area contributed by atoms with Gasteiger partial charge in [-0.3, -0.25) is 0 Å². The molecule has 0 amide bonds. The summed E-state index contributed by atoms with van der Waals surface area (Å²) in [4.78, 5) is 0. The summed E-state index contributed by atoms with van der Waals surface area (Å²) in [5, 5.41) is 15.4. The third-order valence-corrected chi connectivity index (χ3v) is 21.4. The number of hydrogen-bond acceptors (Lipinski definition) is 0. The summed E-state index contributed by atoms with van der Waals surface area (Å²) in [6.07, 6.45) is 24.5. The number of unbranched alkanes of at least 4 members (excludes halogenated alkanes) is 12. The Morgan fingerprint density at radius 3 is 0.849 bits per heavy atom. The van der Waals surface area contributed by atoms with Crippen LogP contribution in [0.15, 0.2) is 218 Å². The zero-order chi connectivity index (χ0) is 63.4. The molecule has 0 radical (unpaired) electrons. The Morgan fingerprint density at radius 2 is 0.527 bits per heavy atom. The zero-order valence-corrected chi connectivity index (χ0v) is 56.4. The van der Waals surface area contributed by atoms with Gasteiger partial charge in [-0.25, -0.2) is 0 Å². The second kappa shape index (κ2) is 27.5. The molecule has 0 saturated heterocycles. The molecule has 14 rings (SSSR count). The highest BCUT2D eigenvalue weighted by molar-refractivity contribution is 6.32. The van der Waals surface area contributed by atoms with E-state index in [0.717, 1.165) is 25.7 Å². The topological polar surface area (TPSA) is 0 Å². The van der Waals surface area contributed by atoms with Crippen LogP contribution in [0, 0.1) is 13.8 Å². The van der Waals surface area contributed by atoms with Crippen molar-refractivity contribution in [2.45, 2.75) is 175 Å². The van der Waals surface area contributed by atoms with E-state index in [2.05, 4.69) is 260 Å². The fraction of sp³-hybridized carbons (Fsp3) is 0.290. The highest BCUT2D eigenvalue weighted by atomic mass is 14.5. The molecule has 0 saturated carbocycles. The molecule has 0 aliphatic heterocycles. The fourth-order valence-electron chi connectivity index (χ4n) is 16.9. The smallest absolute Gasteiger partial charge is 0.0654 e. The third-order valence-electron chi connectivity index (χ3n) is 21.4. The summed E-state index contributed by atoms with van der Waals surface area (Å²) in [6, 6.07) is 86.9. The van der Waals surface area contributed by atoms with Gasteiger partial charge >= 0.3 is 0 Å². The Bertz CT molecular complexity index is 4590. The van der Waals surface area contributed by atoms with E-state index in [1.807, 2.05) is 0 Å². The van der Waals surface area contributed by atoms with Crippen LogP contribution in [-0.2, 0) is 31.1 Å². The van der Waals surface area contributed by atoms with E-state index < -0.39 is 5.41 Å². The number of benzene rings is 13. The summed E-state index contributed by atoms with van der Waals surface area (Å²) < 4.78 is 0. The monoisotopic (exact) mass is 1210 g/mol. The van der Waals surface area contributed by atoms with Crippen molar-refractivity contribution in [3.8, 4) is 44.5 Å². The van der Waals surface area contributed by atoms with Crippen molar-refractivity contribution in [2.24, 2.45) is 0 Å². The Balaban J connectivity index is 1.05. The maximum Gasteiger partial charge on any atom is 0.0714 e. The van der Waals surface area contributed by atoms with E-state index in [4.69, 9.17) is 0 Å². The van der Waals surface area contributed by atoms with Crippen molar-refractivity contribution in [3.05, 3.63) is 274 Å². The van der Waals surface area contributed by atoms with Gasteiger partial charge in [0.15, 0.2) is 0 Å². The molecule has 0 heteroatoms. The first-order valence-corrected chi connectivity index (χ1v) is 36.1. The van der Waals surface area contributed by atoms with Crippen LogP contribution in [0.4, 0.5) is 0 Å². The van der Waals surface area contributed by atoms with Gasteiger partial charge in [0.1, 0.15) is 0 Å². The van der Waals surface area contributed by atoms with E-state index in [0.29, 0.717) is 0 Å². The van der Waals surface area contributed by atoms with E-state index in [9.17, 15) is 0 Å². The number of fused-ring (bicyclic) bond motifs is 9. The Kier molecular flexibility index (Phi) is 18.3.